The van der Waals surface area contributed by atoms with E-state index in [1.165, 1.54) is 17.8 Å². The van der Waals surface area contributed by atoms with Crippen molar-refractivity contribution in [2.75, 3.05) is 0 Å². The van der Waals surface area contributed by atoms with Gasteiger partial charge in [0.2, 0.25) is 0 Å². The molecule has 4 rings (SSSR count). The highest BCUT2D eigenvalue weighted by atomic mass is 35.5. The van der Waals surface area contributed by atoms with Crippen LogP contribution in [0.25, 0.3) is 10.9 Å². The van der Waals surface area contributed by atoms with E-state index >= 15 is 0 Å². The van der Waals surface area contributed by atoms with Crippen LogP contribution in [0.4, 0.5) is 13.2 Å². The summed E-state index contributed by atoms with van der Waals surface area (Å²) >= 11 is 7.37. The molecule has 0 aliphatic heterocycles. The molecule has 1 fully saturated rings. The second kappa shape index (κ2) is 8.63. The Balaban J connectivity index is 1.72. The zero-order valence-corrected chi connectivity index (χ0v) is 17.7. The Morgan fingerprint density at radius 1 is 1.10 bits per heavy atom. The number of benzene rings is 2. The second-order valence-corrected chi connectivity index (χ2v) is 8.89. The second-order valence-electron chi connectivity index (χ2n) is 7.51. The zero-order chi connectivity index (χ0) is 21.3. The van der Waals surface area contributed by atoms with Crippen molar-refractivity contribution in [1.82, 2.24) is 9.55 Å². The first-order valence-corrected chi connectivity index (χ1v) is 11.2. The van der Waals surface area contributed by atoms with E-state index in [-0.39, 0.29) is 17.4 Å². The van der Waals surface area contributed by atoms with Gasteiger partial charge in [0.15, 0.2) is 5.16 Å². The van der Waals surface area contributed by atoms with Crippen molar-refractivity contribution in [2.45, 2.75) is 55.2 Å². The van der Waals surface area contributed by atoms with Crippen molar-refractivity contribution < 1.29 is 13.2 Å². The van der Waals surface area contributed by atoms with Gasteiger partial charge in [0.1, 0.15) is 0 Å². The fourth-order valence-electron chi connectivity index (χ4n) is 3.90. The Bertz CT molecular complexity index is 1120. The maximum Gasteiger partial charge on any atom is 0.416 e. The Kier molecular flexibility index (Phi) is 6.11. The number of nitrogens with zero attached hydrogens (tertiary/aromatic N) is 2. The minimum Gasteiger partial charge on any atom is -0.284 e. The number of rotatable bonds is 4. The fourth-order valence-corrected chi connectivity index (χ4v) is 5.08. The molecular formula is C22H20ClF3N2OS. The summed E-state index contributed by atoms with van der Waals surface area (Å²) in [5.74, 6) is 0.287. The molecule has 158 valence electrons. The standard InChI is InChI=1S/C22H20ClF3N2OS/c23-16-9-10-18-19(12-16)27-21(28(20(18)29)17-7-2-1-3-8-17)30-13-14-5-4-6-15(11-14)22(24,25)26/h4-6,9-12,17H,1-3,7-8,13H2. The van der Waals surface area contributed by atoms with Gasteiger partial charge < -0.3 is 0 Å². The van der Waals surface area contributed by atoms with Gasteiger partial charge in [-0.25, -0.2) is 4.98 Å². The average molecular weight is 453 g/mol. The number of hydrogen-bond donors (Lipinski definition) is 0. The monoisotopic (exact) mass is 452 g/mol. The van der Waals surface area contributed by atoms with Gasteiger partial charge >= 0.3 is 6.18 Å². The molecule has 1 aliphatic carbocycles. The van der Waals surface area contributed by atoms with Crippen LogP contribution in [0.2, 0.25) is 5.02 Å². The number of hydrogen-bond acceptors (Lipinski definition) is 3. The molecule has 1 aromatic heterocycles. The highest BCUT2D eigenvalue weighted by Crippen LogP contribution is 2.34. The summed E-state index contributed by atoms with van der Waals surface area (Å²) in [6.07, 6.45) is 0.661. The number of alkyl halides is 3. The van der Waals surface area contributed by atoms with E-state index < -0.39 is 11.7 Å². The SMILES string of the molecule is O=c1c2ccc(Cl)cc2nc(SCc2cccc(C(F)(F)F)c2)n1C1CCCCC1. The lowest BCUT2D eigenvalue weighted by Gasteiger charge is -2.26. The molecule has 30 heavy (non-hydrogen) atoms. The van der Waals surface area contributed by atoms with Crippen molar-refractivity contribution in [1.29, 1.82) is 0 Å². The molecule has 0 bridgehead atoms. The Labute approximate surface area is 181 Å². The molecule has 0 saturated heterocycles. The van der Waals surface area contributed by atoms with Crippen LogP contribution in [0.15, 0.2) is 52.4 Å². The van der Waals surface area contributed by atoms with Gasteiger partial charge in [-0.1, -0.05) is 60.8 Å². The fraction of sp³-hybridized carbons (Fsp3) is 0.364. The van der Waals surface area contributed by atoms with Crippen LogP contribution in [-0.4, -0.2) is 9.55 Å². The molecule has 8 heteroatoms. The van der Waals surface area contributed by atoms with Gasteiger partial charge in [0.25, 0.3) is 5.56 Å². The van der Waals surface area contributed by atoms with Crippen LogP contribution in [0.3, 0.4) is 0 Å². The number of fused-ring (bicyclic) bond motifs is 1. The first kappa shape index (κ1) is 21.2. The van der Waals surface area contributed by atoms with E-state index in [0.29, 0.717) is 26.6 Å². The van der Waals surface area contributed by atoms with E-state index in [0.717, 1.165) is 44.2 Å². The van der Waals surface area contributed by atoms with E-state index in [9.17, 15) is 18.0 Å². The quantitative estimate of drug-likeness (QED) is 0.320. The van der Waals surface area contributed by atoms with E-state index in [2.05, 4.69) is 4.98 Å². The topological polar surface area (TPSA) is 34.9 Å². The summed E-state index contributed by atoms with van der Waals surface area (Å²) in [7, 11) is 0. The van der Waals surface area contributed by atoms with Gasteiger partial charge in [-0.15, -0.1) is 0 Å². The molecular weight excluding hydrogens is 433 g/mol. The van der Waals surface area contributed by atoms with Crippen molar-refractivity contribution in [3.8, 4) is 0 Å². The third-order valence-corrected chi connectivity index (χ3v) is 6.65. The van der Waals surface area contributed by atoms with Crippen LogP contribution in [0.1, 0.15) is 49.3 Å². The lowest BCUT2D eigenvalue weighted by atomic mass is 9.95. The van der Waals surface area contributed by atoms with E-state index in [1.807, 2.05) is 0 Å². The molecule has 0 amide bonds. The molecule has 3 nitrogen and oxygen atoms in total. The molecule has 0 N–H and O–H groups in total. The molecule has 1 saturated carbocycles. The average Bonchev–Trinajstić information content (AvgIpc) is 2.72. The minimum atomic E-state index is -4.39. The van der Waals surface area contributed by atoms with Gasteiger partial charge in [-0.3, -0.25) is 9.36 Å². The summed E-state index contributed by atoms with van der Waals surface area (Å²) in [6.45, 7) is 0. The number of thioether (sulfide) groups is 1. The van der Waals surface area contributed by atoms with Gasteiger partial charge in [-0.2, -0.15) is 13.2 Å². The molecule has 1 heterocycles. The number of aromatic nitrogens is 2. The summed E-state index contributed by atoms with van der Waals surface area (Å²) in [4.78, 5) is 18.0. The first-order valence-electron chi connectivity index (χ1n) is 9.83. The summed E-state index contributed by atoms with van der Waals surface area (Å²) < 4.78 is 40.8. The molecule has 2 aromatic carbocycles. The van der Waals surface area contributed by atoms with Crippen LogP contribution in [0.5, 0.6) is 0 Å². The van der Waals surface area contributed by atoms with Crippen molar-refractivity contribution in [3.05, 3.63) is 69.0 Å². The van der Waals surface area contributed by atoms with Crippen LogP contribution in [0, 0.1) is 0 Å². The molecule has 0 atom stereocenters. The normalized spacial score (nSPS) is 15.6. The molecule has 0 unspecified atom stereocenters. The Morgan fingerprint density at radius 3 is 2.60 bits per heavy atom. The van der Waals surface area contributed by atoms with Crippen molar-refractivity contribution in [2.24, 2.45) is 0 Å². The van der Waals surface area contributed by atoms with Crippen molar-refractivity contribution >= 4 is 34.3 Å². The van der Waals surface area contributed by atoms with Crippen LogP contribution in [-0.2, 0) is 11.9 Å². The zero-order valence-electron chi connectivity index (χ0n) is 16.1. The van der Waals surface area contributed by atoms with Gasteiger partial charge in [-0.05, 0) is 42.7 Å². The molecule has 3 aromatic rings. The summed E-state index contributed by atoms with van der Waals surface area (Å²) in [6, 6.07) is 10.3. The number of halogens is 4. The van der Waals surface area contributed by atoms with Gasteiger partial charge in [0.05, 0.1) is 16.5 Å². The smallest absolute Gasteiger partial charge is 0.284 e. The molecule has 0 radical (unpaired) electrons. The minimum absolute atomic E-state index is 0.0582. The highest BCUT2D eigenvalue weighted by Gasteiger charge is 2.30. The summed E-state index contributed by atoms with van der Waals surface area (Å²) in [5, 5.41) is 1.52. The Hall–Kier alpha value is -1.99. The highest BCUT2D eigenvalue weighted by molar-refractivity contribution is 7.98. The maximum atomic E-state index is 13.3. The van der Waals surface area contributed by atoms with E-state index in [1.54, 1.807) is 28.8 Å². The third kappa shape index (κ3) is 4.52. The van der Waals surface area contributed by atoms with Crippen LogP contribution >= 0.6 is 23.4 Å². The summed E-state index contributed by atoms with van der Waals surface area (Å²) in [5.41, 5.74) is 0.246. The lowest BCUT2D eigenvalue weighted by Crippen LogP contribution is -2.29. The predicted octanol–water partition coefficient (Wildman–Crippen LogP) is 6.87. The van der Waals surface area contributed by atoms with Crippen molar-refractivity contribution in [3.63, 3.8) is 0 Å². The Morgan fingerprint density at radius 2 is 1.87 bits per heavy atom. The van der Waals surface area contributed by atoms with Crippen LogP contribution < -0.4 is 5.56 Å². The maximum absolute atomic E-state index is 13.3. The largest absolute Gasteiger partial charge is 0.416 e. The molecule has 0 spiro atoms. The van der Waals surface area contributed by atoms with E-state index in [4.69, 9.17) is 11.6 Å². The molecule has 1 aliphatic rings. The predicted molar refractivity (Wildman–Crippen MR) is 114 cm³/mol. The first-order chi connectivity index (χ1) is 14.3. The van der Waals surface area contributed by atoms with Gasteiger partial charge in [0, 0.05) is 16.8 Å². The third-order valence-electron chi connectivity index (χ3n) is 5.39. The lowest BCUT2D eigenvalue weighted by molar-refractivity contribution is -0.137.